The summed E-state index contributed by atoms with van der Waals surface area (Å²) in [5, 5.41) is 15.4. The molecule has 1 unspecified atom stereocenters. The number of aliphatic hydroxyl groups excluding tert-OH is 1. The van der Waals surface area contributed by atoms with E-state index in [2.05, 4.69) is 15.0 Å². The van der Waals surface area contributed by atoms with Crippen molar-refractivity contribution >= 4 is 11.6 Å². The minimum Gasteiger partial charge on any atom is -0.382 e. The lowest BCUT2D eigenvalue weighted by Crippen LogP contribution is -2.21. The van der Waals surface area contributed by atoms with E-state index in [0.717, 1.165) is 23.5 Å². The van der Waals surface area contributed by atoms with Gasteiger partial charge in [0, 0.05) is 17.9 Å². The topological polar surface area (TPSA) is 54.2 Å². The molecule has 2 aromatic rings. The molecule has 6 heteroatoms. The lowest BCUT2D eigenvalue weighted by atomic mass is 10.1. The van der Waals surface area contributed by atoms with Gasteiger partial charge < -0.3 is 10.0 Å². The van der Waals surface area contributed by atoms with Crippen molar-refractivity contribution in [1.29, 1.82) is 0 Å². The molecule has 0 saturated carbocycles. The molecule has 0 aliphatic rings. The van der Waals surface area contributed by atoms with E-state index in [1.54, 1.807) is 10.9 Å². The number of hydrogen-bond acceptors (Lipinski definition) is 4. The number of halogens is 1. The molecule has 0 radical (unpaired) electrons. The molecule has 0 fully saturated rings. The molecular weight excluding hydrogens is 288 g/mol. The highest BCUT2D eigenvalue weighted by Gasteiger charge is 2.20. The van der Waals surface area contributed by atoms with Gasteiger partial charge in [-0.05, 0) is 45.6 Å². The van der Waals surface area contributed by atoms with Gasteiger partial charge in [0.15, 0.2) is 0 Å². The summed E-state index contributed by atoms with van der Waals surface area (Å²) >= 11 is 6.21. The summed E-state index contributed by atoms with van der Waals surface area (Å²) in [6.07, 6.45) is 0.777. The van der Waals surface area contributed by atoms with Gasteiger partial charge in [-0.3, -0.25) is 9.67 Å². The number of nitrogens with zero attached hydrogens (tertiary/aromatic N) is 4. The Labute approximate surface area is 130 Å². The molecule has 5 nitrogen and oxygen atoms in total. The van der Waals surface area contributed by atoms with Gasteiger partial charge in [-0.1, -0.05) is 11.6 Å². The van der Waals surface area contributed by atoms with Crippen molar-refractivity contribution in [3.8, 4) is 0 Å². The first-order valence-corrected chi connectivity index (χ1v) is 7.25. The van der Waals surface area contributed by atoms with Crippen molar-refractivity contribution in [3.63, 3.8) is 0 Å². The molecule has 0 aliphatic carbocycles. The van der Waals surface area contributed by atoms with E-state index in [1.165, 1.54) is 0 Å². The quantitative estimate of drug-likeness (QED) is 0.920. The van der Waals surface area contributed by atoms with E-state index in [-0.39, 0.29) is 0 Å². The van der Waals surface area contributed by atoms with Crippen molar-refractivity contribution in [1.82, 2.24) is 19.7 Å². The zero-order valence-electron chi connectivity index (χ0n) is 12.8. The van der Waals surface area contributed by atoms with Crippen molar-refractivity contribution < 1.29 is 5.11 Å². The van der Waals surface area contributed by atoms with Crippen LogP contribution in [0.15, 0.2) is 18.3 Å². The second kappa shape index (κ2) is 6.56. The van der Waals surface area contributed by atoms with Gasteiger partial charge in [0.2, 0.25) is 0 Å². The lowest BCUT2D eigenvalue weighted by molar-refractivity contribution is 0.205. The molecule has 0 aliphatic heterocycles. The summed E-state index contributed by atoms with van der Waals surface area (Å²) in [6, 6.07) is 3.74. The van der Waals surface area contributed by atoms with Crippen LogP contribution >= 0.6 is 11.6 Å². The molecule has 0 spiro atoms. The minimum absolute atomic E-state index is 0.480. The van der Waals surface area contributed by atoms with Gasteiger partial charge in [-0.2, -0.15) is 5.10 Å². The first kappa shape index (κ1) is 15.9. The first-order chi connectivity index (χ1) is 9.88. The summed E-state index contributed by atoms with van der Waals surface area (Å²) in [7, 11) is 3.99. The fourth-order valence-electron chi connectivity index (χ4n) is 2.30. The van der Waals surface area contributed by atoms with Crippen molar-refractivity contribution in [2.24, 2.45) is 0 Å². The molecule has 0 saturated heterocycles. The standard InChI is InChI=1S/C15H21ClN4O/c1-10-7-12(8-11(2)18-10)15(21)14-13(16)9-17-20(14)6-5-19(3)4/h7-9,15,21H,5-6H2,1-4H3. The number of aliphatic hydroxyl groups is 1. The highest BCUT2D eigenvalue weighted by Crippen LogP contribution is 2.28. The van der Waals surface area contributed by atoms with E-state index < -0.39 is 6.10 Å². The van der Waals surface area contributed by atoms with E-state index in [4.69, 9.17) is 11.6 Å². The summed E-state index contributed by atoms with van der Waals surface area (Å²) in [5.74, 6) is 0. The van der Waals surface area contributed by atoms with Gasteiger partial charge in [-0.25, -0.2) is 0 Å². The number of rotatable bonds is 5. The van der Waals surface area contributed by atoms with Crippen molar-refractivity contribution in [3.05, 3.63) is 46.0 Å². The van der Waals surface area contributed by atoms with Crippen LogP contribution in [-0.2, 0) is 6.54 Å². The predicted molar refractivity (Wildman–Crippen MR) is 83.6 cm³/mol. The van der Waals surface area contributed by atoms with Crippen LogP contribution in [0.5, 0.6) is 0 Å². The molecule has 1 atom stereocenters. The van der Waals surface area contributed by atoms with Crippen molar-refractivity contribution in [2.75, 3.05) is 20.6 Å². The molecule has 21 heavy (non-hydrogen) atoms. The molecule has 1 N–H and O–H groups in total. The maximum Gasteiger partial charge on any atom is 0.122 e. The predicted octanol–water partition coefficient (Wildman–Crippen LogP) is 2.19. The molecule has 0 bridgehead atoms. The van der Waals surface area contributed by atoms with Crippen LogP contribution in [0.2, 0.25) is 5.02 Å². The zero-order chi connectivity index (χ0) is 15.6. The number of aryl methyl sites for hydroxylation is 2. The molecule has 114 valence electrons. The minimum atomic E-state index is -0.803. The largest absolute Gasteiger partial charge is 0.382 e. The van der Waals surface area contributed by atoms with Crippen LogP contribution in [0.4, 0.5) is 0 Å². The normalized spacial score (nSPS) is 12.9. The van der Waals surface area contributed by atoms with Crippen LogP contribution < -0.4 is 0 Å². The summed E-state index contributed by atoms with van der Waals surface area (Å²) in [5.41, 5.74) is 3.16. The number of pyridine rings is 1. The third-order valence-corrected chi connectivity index (χ3v) is 3.56. The van der Waals surface area contributed by atoms with E-state index >= 15 is 0 Å². The Morgan fingerprint density at radius 1 is 1.29 bits per heavy atom. The summed E-state index contributed by atoms with van der Waals surface area (Å²) in [4.78, 5) is 6.39. The third kappa shape index (κ3) is 3.81. The van der Waals surface area contributed by atoms with Crippen LogP contribution in [0.1, 0.15) is 28.7 Å². The van der Waals surface area contributed by atoms with Gasteiger partial charge >= 0.3 is 0 Å². The molecule has 0 aromatic carbocycles. The van der Waals surface area contributed by atoms with E-state index in [0.29, 0.717) is 17.3 Å². The highest BCUT2D eigenvalue weighted by molar-refractivity contribution is 6.31. The molecule has 2 rings (SSSR count). The summed E-state index contributed by atoms with van der Waals surface area (Å²) < 4.78 is 1.76. The maximum atomic E-state index is 10.7. The number of hydrogen-bond donors (Lipinski definition) is 1. The van der Waals surface area contributed by atoms with Crippen molar-refractivity contribution in [2.45, 2.75) is 26.5 Å². The average molecular weight is 309 g/mol. The van der Waals surface area contributed by atoms with E-state index in [1.807, 2.05) is 40.1 Å². The van der Waals surface area contributed by atoms with Crippen LogP contribution in [0.25, 0.3) is 0 Å². The smallest absolute Gasteiger partial charge is 0.122 e. The van der Waals surface area contributed by atoms with Gasteiger partial charge in [0.25, 0.3) is 0 Å². The highest BCUT2D eigenvalue weighted by atomic mass is 35.5. The van der Waals surface area contributed by atoms with Crippen LogP contribution in [0, 0.1) is 13.8 Å². The first-order valence-electron chi connectivity index (χ1n) is 6.87. The second-order valence-electron chi connectivity index (χ2n) is 5.49. The van der Waals surface area contributed by atoms with Gasteiger partial charge in [0.05, 0.1) is 23.5 Å². The zero-order valence-corrected chi connectivity index (χ0v) is 13.6. The Bertz CT molecular complexity index is 604. The van der Waals surface area contributed by atoms with Gasteiger partial charge in [-0.15, -0.1) is 0 Å². The number of likely N-dealkylation sites (N-methyl/N-ethyl adjacent to an activating group) is 1. The lowest BCUT2D eigenvalue weighted by Gasteiger charge is -2.17. The summed E-state index contributed by atoms with van der Waals surface area (Å²) in [6.45, 7) is 5.32. The Morgan fingerprint density at radius 3 is 2.48 bits per heavy atom. The number of aromatic nitrogens is 3. The Hall–Kier alpha value is -1.43. The molecule has 0 amide bonds. The third-order valence-electron chi connectivity index (χ3n) is 3.27. The maximum absolute atomic E-state index is 10.7. The molecule has 2 heterocycles. The Morgan fingerprint density at radius 2 is 1.90 bits per heavy atom. The fraction of sp³-hybridized carbons (Fsp3) is 0.467. The van der Waals surface area contributed by atoms with Gasteiger partial charge in [0.1, 0.15) is 6.10 Å². The van der Waals surface area contributed by atoms with E-state index in [9.17, 15) is 5.11 Å². The average Bonchev–Trinajstić information content (AvgIpc) is 2.75. The molecular formula is C15H21ClN4O. The fourth-order valence-corrected chi connectivity index (χ4v) is 2.54. The Kier molecular flexibility index (Phi) is 4.98. The molecule has 2 aromatic heterocycles. The Balaban J connectivity index is 2.33. The second-order valence-corrected chi connectivity index (χ2v) is 5.90. The SMILES string of the molecule is Cc1cc(C(O)c2c(Cl)cnn2CCN(C)C)cc(C)n1. The monoisotopic (exact) mass is 308 g/mol. The van der Waals surface area contributed by atoms with Crippen LogP contribution in [0.3, 0.4) is 0 Å². The van der Waals surface area contributed by atoms with Crippen LogP contribution in [-0.4, -0.2) is 45.4 Å².